The Morgan fingerprint density at radius 2 is 1.95 bits per heavy atom. The van der Waals surface area contributed by atoms with Crippen molar-refractivity contribution in [3.8, 4) is 0 Å². The number of aryl methyl sites for hydroxylation is 1. The van der Waals surface area contributed by atoms with Gasteiger partial charge < -0.3 is 0 Å². The maximum absolute atomic E-state index is 11.9. The summed E-state index contributed by atoms with van der Waals surface area (Å²) in [5, 5.41) is 5.87. The molecule has 112 valence electrons. The average molecular weight is 325 g/mol. The van der Waals surface area contributed by atoms with Crippen LogP contribution in [0.5, 0.6) is 0 Å². The van der Waals surface area contributed by atoms with E-state index in [-0.39, 0.29) is 5.78 Å². The van der Waals surface area contributed by atoms with E-state index in [2.05, 4.69) is 5.10 Å². The largest absolute Gasteiger partial charge is 0.294 e. The zero-order valence-electron chi connectivity index (χ0n) is 12.4. The van der Waals surface area contributed by atoms with E-state index in [1.165, 1.54) is 0 Å². The maximum atomic E-state index is 11.9. The summed E-state index contributed by atoms with van der Waals surface area (Å²) < 4.78 is 1.87. The van der Waals surface area contributed by atoms with Crippen LogP contribution in [0.2, 0.25) is 10.0 Å². The lowest BCUT2D eigenvalue weighted by molar-refractivity contribution is 0.101. The quantitative estimate of drug-likeness (QED) is 0.755. The fourth-order valence-electron chi connectivity index (χ4n) is 2.52. The second kappa shape index (κ2) is 6.63. The molecule has 0 radical (unpaired) electrons. The predicted molar refractivity (Wildman–Crippen MR) is 86.6 cm³/mol. The van der Waals surface area contributed by atoms with Crippen LogP contribution in [-0.4, -0.2) is 15.6 Å². The van der Waals surface area contributed by atoms with E-state index in [0.717, 1.165) is 35.4 Å². The first-order valence-electron chi connectivity index (χ1n) is 7.01. The van der Waals surface area contributed by atoms with Gasteiger partial charge in [-0.25, -0.2) is 0 Å². The molecule has 0 bridgehead atoms. The highest BCUT2D eigenvalue weighted by Gasteiger charge is 2.19. The normalized spacial score (nSPS) is 10.9. The van der Waals surface area contributed by atoms with Crippen LogP contribution in [-0.2, 0) is 19.4 Å². The molecule has 0 saturated heterocycles. The zero-order valence-corrected chi connectivity index (χ0v) is 13.9. The van der Waals surface area contributed by atoms with E-state index >= 15 is 0 Å². The fourth-order valence-corrected chi connectivity index (χ4v) is 2.89. The van der Waals surface area contributed by atoms with Crippen LogP contribution in [0, 0.1) is 0 Å². The summed E-state index contributed by atoms with van der Waals surface area (Å²) in [6.45, 7) is 6.14. The van der Waals surface area contributed by atoms with Crippen LogP contribution in [0.25, 0.3) is 0 Å². The minimum Gasteiger partial charge on any atom is -0.294 e. The molecule has 21 heavy (non-hydrogen) atoms. The molecule has 0 amide bonds. The molecule has 0 saturated carbocycles. The smallest absolute Gasteiger partial charge is 0.163 e. The molecule has 2 rings (SSSR count). The number of nitrogens with zero attached hydrogens (tertiary/aromatic N) is 2. The molecule has 0 aliphatic rings. The van der Waals surface area contributed by atoms with Crippen molar-refractivity contribution < 1.29 is 4.79 Å². The molecule has 0 unspecified atom stereocenters. The van der Waals surface area contributed by atoms with Gasteiger partial charge in [-0.3, -0.25) is 9.48 Å². The van der Waals surface area contributed by atoms with E-state index in [1.807, 2.05) is 24.6 Å². The van der Waals surface area contributed by atoms with Gasteiger partial charge in [0.1, 0.15) is 0 Å². The highest BCUT2D eigenvalue weighted by Crippen LogP contribution is 2.24. The third-order valence-corrected chi connectivity index (χ3v) is 4.08. The first kappa shape index (κ1) is 16.1. The molecule has 1 aromatic carbocycles. The molecular formula is C16H18Cl2N2O. The molecular weight excluding hydrogens is 307 g/mol. The Balaban J connectivity index is 2.49. The van der Waals surface area contributed by atoms with E-state index in [9.17, 15) is 4.79 Å². The standard InChI is InChI=1S/C16H18Cl2N2O/c1-4-14-16(10(3)21)15(5-2)20(19-14)9-11-8-12(17)6-7-13(11)18/h6-8H,4-5,9H2,1-3H3. The van der Waals surface area contributed by atoms with Crippen molar-refractivity contribution in [1.82, 2.24) is 9.78 Å². The molecule has 5 heteroatoms. The van der Waals surface area contributed by atoms with E-state index in [1.54, 1.807) is 19.1 Å². The van der Waals surface area contributed by atoms with Crippen molar-refractivity contribution in [2.45, 2.75) is 40.2 Å². The third kappa shape index (κ3) is 3.30. The second-order valence-corrected chi connectivity index (χ2v) is 5.77. The van der Waals surface area contributed by atoms with Crippen LogP contribution in [0.3, 0.4) is 0 Å². The predicted octanol–water partition coefficient (Wildman–Crippen LogP) is 4.57. The van der Waals surface area contributed by atoms with Gasteiger partial charge in [0.05, 0.1) is 17.8 Å². The first-order chi connectivity index (χ1) is 9.97. The third-order valence-electron chi connectivity index (χ3n) is 3.48. The SMILES string of the molecule is CCc1nn(Cc2cc(Cl)ccc2Cl)c(CC)c1C(C)=O. The van der Waals surface area contributed by atoms with Crippen molar-refractivity contribution in [2.75, 3.05) is 0 Å². The van der Waals surface area contributed by atoms with Gasteiger partial charge in [-0.1, -0.05) is 37.0 Å². The Morgan fingerprint density at radius 3 is 2.52 bits per heavy atom. The molecule has 0 aliphatic heterocycles. The van der Waals surface area contributed by atoms with Crippen molar-refractivity contribution in [2.24, 2.45) is 0 Å². The molecule has 0 atom stereocenters. The van der Waals surface area contributed by atoms with Gasteiger partial charge >= 0.3 is 0 Å². The molecule has 1 heterocycles. The van der Waals surface area contributed by atoms with E-state index in [4.69, 9.17) is 23.2 Å². The summed E-state index contributed by atoms with van der Waals surface area (Å²) in [4.78, 5) is 11.9. The number of benzene rings is 1. The number of carbonyl (C=O) groups excluding carboxylic acids is 1. The molecule has 2 aromatic rings. The van der Waals surface area contributed by atoms with Gasteiger partial charge in [-0.2, -0.15) is 5.10 Å². The highest BCUT2D eigenvalue weighted by atomic mass is 35.5. The summed E-state index contributed by atoms with van der Waals surface area (Å²) in [7, 11) is 0. The lowest BCUT2D eigenvalue weighted by Gasteiger charge is -2.09. The topological polar surface area (TPSA) is 34.9 Å². The Bertz CT molecular complexity index is 677. The summed E-state index contributed by atoms with van der Waals surface area (Å²) in [6.07, 6.45) is 1.48. The minimum atomic E-state index is 0.0622. The van der Waals surface area contributed by atoms with Gasteiger partial charge in [0.2, 0.25) is 0 Å². The number of carbonyl (C=O) groups is 1. The molecule has 0 spiro atoms. The lowest BCUT2D eigenvalue weighted by atomic mass is 10.1. The monoisotopic (exact) mass is 324 g/mol. The Hall–Kier alpha value is -1.32. The first-order valence-corrected chi connectivity index (χ1v) is 7.76. The summed E-state index contributed by atoms with van der Waals surface area (Å²) in [6, 6.07) is 5.38. The number of ketones is 1. The Kier molecular flexibility index (Phi) is 5.07. The van der Waals surface area contributed by atoms with Crippen molar-refractivity contribution in [1.29, 1.82) is 0 Å². The zero-order chi connectivity index (χ0) is 15.6. The minimum absolute atomic E-state index is 0.0622. The van der Waals surface area contributed by atoms with Crippen LogP contribution in [0.15, 0.2) is 18.2 Å². The van der Waals surface area contributed by atoms with Crippen molar-refractivity contribution >= 4 is 29.0 Å². The van der Waals surface area contributed by atoms with Gasteiger partial charge in [0.15, 0.2) is 5.78 Å². The number of hydrogen-bond acceptors (Lipinski definition) is 2. The van der Waals surface area contributed by atoms with Crippen molar-refractivity contribution in [3.05, 3.63) is 50.8 Å². The molecule has 0 N–H and O–H groups in total. The fraction of sp³-hybridized carbons (Fsp3) is 0.375. The molecule has 0 aliphatic carbocycles. The summed E-state index contributed by atoms with van der Waals surface area (Å²) >= 11 is 12.2. The van der Waals surface area contributed by atoms with Crippen LogP contribution in [0.4, 0.5) is 0 Å². The lowest BCUT2D eigenvalue weighted by Crippen LogP contribution is -2.08. The number of hydrogen-bond donors (Lipinski definition) is 0. The number of aromatic nitrogens is 2. The molecule has 1 aromatic heterocycles. The van der Waals surface area contributed by atoms with Crippen LogP contribution in [0.1, 0.15) is 48.1 Å². The van der Waals surface area contributed by atoms with Gasteiger partial charge in [0, 0.05) is 15.7 Å². The van der Waals surface area contributed by atoms with E-state index < -0.39 is 0 Å². The Morgan fingerprint density at radius 1 is 1.24 bits per heavy atom. The van der Waals surface area contributed by atoms with Gasteiger partial charge in [-0.15, -0.1) is 0 Å². The number of Topliss-reactive ketones (excluding diaryl/α,β-unsaturated/α-hetero) is 1. The summed E-state index contributed by atoms with van der Waals surface area (Å²) in [5.41, 5.74) is 3.45. The van der Waals surface area contributed by atoms with Crippen LogP contribution < -0.4 is 0 Å². The maximum Gasteiger partial charge on any atom is 0.163 e. The number of halogens is 2. The molecule has 0 fully saturated rings. The van der Waals surface area contributed by atoms with Gasteiger partial charge in [-0.05, 0) is 43.5 Å². The highest BCUT2D eigenvalue weighted by molar-refractivity contribution is 6.33. The molecule has 3 nitrogen and oxygen atoms in total. The van der Waals surface area contributed by atoms with Gasteiger partial charge in [0.25, 0.3) is 0 Å². The van der Waals surface area contributed by atoms with Crippen molar-refractivity contribution in [3.63, 3.8) is 0 Å². The number of rotatable bonds is 5. The summed E-state index contributed by atoms with van der Waals surface area (Å²) in [5.74, 6) is 0.0622. The van der Waals surface area contributed by atoms with Crippen LogP contribution >= 0.6 is 23.2 Å². The average Bonchev–Trinajstić information content (AvgIpc) is 2.80. The Labute approximate surface area is 134 Å². The second-order valence-electron chi connectivity index (χ2n) is 4.93. The van der Waals surface area contributed by atoms with E-state index in [0.29, 0.717) is 16.6 Å².